The molecule has 2 N–H and O–H groups in total. The van der Waals surface area contributed by atoms with E-state index in [1.54, 1.807) is 0 Å². The van der Waals surface area contributed by atoms with Crippen molar-refractivity contribution < 1.29 is 14.3 Å². The minimum atomic E-state index is 0. The highest BCUT2D eigenvalue weighted by Gasteiger charge is 2.15. The number of ether oxygens (including phenoxy) is 2. The standard InChI is InChI=1S/C23H38N4O3.HI/c1-4-24-23(25-13-7-14-29-17-20-12-15-30-18-20)26-16-19-8-10-21(11-9-19)22(28)27(5-2)6-3;/h8-11,20H,4-7,12-18H2,1-3H3,(H2,24,25,26);1H. The number of halogens is 1. The zero-order valence-electron chi connectivity index (χ0n) is 19.2. The van der Waals surface area contributed by atoms with E-state index in [0.29, 0.717) is 12.5 Å². The molecular formula is C23H39IN4O3. The molecule has 1 aliphatic rings. The lowest BCUT2D eigenvalue weighted by Crippen LogP contribution is -2.38. The first-order valence-electron chi connectivity index (χ1n) is 11.2. The van der Waals surface area contributed by atoms with E-state index >= 15 is 0 Å². The van der Waals surface area contributed by atoms with E-state index in [0.717, 1.165) is 82.5 Å². The zero-order chi connectivity index (χ0) is 21.6. The number of guanidine groups is 1. The van der Waals surface area contributed by atoms with Crippen molar-refractivity contribution in [2.75, 3.05) is 52.6 Å². The van der Waals surface area contributed by atoms with Crippen LogP contribution in [0.3, 0.4) is 0 Å². The molecule has 1 saturated heterocycles. The maximum absolute atomic E-state index is 12.4. The second kappa shape index (κ2) is 16.3. The Bertz CT molecular complexity index is 645. The molecule has 1 aliphatic heterocycles. The molecule has 1 amide bonds. The highest BCUT2D eigenvalue weighted by molar-refractivity contribution is 14.0. The molecule has 1 atom stereocenters. The van der Waals surface area contributed by atoms with Crippen molar-refractivity contribution in [2.45, 2.75) is 40.2 Å². The highest BCUT2D eigenvalue weighted by atomic mass is 127. The van der Waals surface area contributed by atoms with Gasteiger partial charge in [0.1, 0.15) is 0 Å². The molecule has 1 aromatic carbocycles. The van der Waals surface area contributed by atoms with Crippen LogP contribution < -0.4 is 10.6 Å². The zero-order valence-corrected chi connectivity index (χ0v) is 21.5. The van der Waals surface area contributed by atoms with Crippen LogP contribution in [0.5, 0.6) is 0 Å². The third-order valence-corrected chi connectivity index (χ3v) is 5.15. The van der Waals surface area contributed by atoms with Gasteiger partial charge in [-0.05, 0) is 51.3 Å². The molecule has 1 fully saturated rings. The summed E-state index contributed by atoms with van der Waals surface area (Å²) < 4.78 is 11.1. The van der Waals surface area contributed by atoms with Crippen LogP contribution in [0.25, 0.3) is 0 Å². The van der Waals surface area contributed by atoms with Crippen molar-refractivity contribution in [1.29, 1.82) is 0 Å². The number of carbonyl (C=O) groups excluding carboxylic acids is 1. The van der Waals surface area contributed by atoms with E-state index in [1.807, 2.05) is 43.0 Å². The van der Waals surface area contributed by atoms with Gasteiger partial charge in [0.05, 0.1) is 19.8 Å². The summed E-state index contributed by atoms with van der Waals surface area (Å²) in [7, 11) is 0. The Balaban J connectivity index is 0.00000480. The SMILES string of the molecule is CCNC(=NCc1ccc(C(=O)N(CC)CC)cc1)NCCCOCC1CCOC1.I. The maximum Gasteiger partial charge on any atom is 0.253 e. The maximum atomic E-state index is 12.4. The highest BCUT2D eigenvalue weighted by Crippen LogP contribution is 2.12. The van der Waals surface area contributed by atoms with Crippen molar-refractivity contribution in [3.63, 3.8) is 0 Å². The van der Waals surface area contributed by atoms with Crippen LogP contribution in [0.15, 0.2) is 29.3 Å². The molecule has 0 radical (unpaired) electrons. The number of hydrogen-bond acceptors (Lipinski definition) is 4. The molecule has 0 bridgehead atoms. The van der Waals surface area contributed by atoms with E-state index in [2.05, 4.69) is 22.5 Å². The Morgan fingerprint density at radius 1 is 1.19 bits per heavy atom. The lowest BCUT2D eigenvalue weighted by molar-refractivity contribution is 0.0773. The summed E-state index contributed by atoms with van der Waals surface area (Å²) in [6, 6.07) is 7.73. The van der Waals surface area contributed by atoms with Gasteiger partial charge in [0, 0.05) is 50.9 Å². The van der Waals surface area contributed by atoms with Crippen LogP contribution >= 0.6 is 24.0 Å². The quantitative estimate of drug-likeness (QED) is 0.182. The summed E-state index contributed by atoms with van der Waals surface area (Å²) in [5.41, 5.74) is 1.80. The number of nitrogens with zero attached hydrogens (tertiary/aromatic N) is 2. The minimum absolute atomic E-state index is 0. The van der Waals surface area contributed by atoms with Gasteiger partial charge in [0.25, 0.3) is 5.91 Å². The molecule has 0 aromatic heterocycles. The molecule has 0 aliphatic carbocycles. The molecule has 1 heterocycles. The molecule has 31 heavy (non-hydrogen) atoms. The normalized spacial score (nSPS) is 16.0. The third kappa shape index (κ3) is 10.2. The number of aliphatic imine (C=N–C) groups is 1. The number of hydrogen-bond donors (Lipinski definition) is 2. The largest absolute Gasteiger partial charge is 0.381 e. The van der Waals surface area contributed by atoms with Crippen LogP contribution in [-0.2, 0) is 16.0 Å². The predicted molar refractivity (Wildman–Crippen MR) is 136 cm³/mol. The average molecular weight is 546 g/mol. The molecule has 176 valence electrons. The summed E-state index contributed by atoms with van der Waals surface area (Å²) in [5, 5.41) is 6.62. The van der Waals surface area contributed by atoms with Gasteiger partial charge in [-0.3, -0.25) is 4.79 Å². The van der Waals surface area contributed by atoms with E-state index in [1.165, 1.54) is 0 Å². The summed E-state index contributed by atoms with van der Waals surface area (Å²) in [6.07, 6.45) is 2.04. The molecule has 1 aromatic rings. The van der Waals surface area contributed by atoms with Crippen LogP contribution in [-0.4, -0.2) is 69.4 Å². The van der Waals surface area contributed by atoms with Crippen LogP contribution in [0, 0.1) is 5.92 Å². The second-order valence-electron chi connectivity index (χ2n) is 7.45. The van der Waals surface area contributed by atoms with Crippen molar-refractivity contribution in [1.82, 2.24) is 15.5 Å². The first kappa shape index (κ1) is 27.6. The van der Waals surface area contributed by atoms with Gasteiger partial charge in [-0.15, -0.1) is 24.0 Å². The van der Waals surface area contributed by atoms with Gasteiger partial charge in [-0.2, -0.15) is 0 Å². The van der Waals surface area contributed by atoms with Crippen molar-refractivity contribution in [2.24, 2.45) is 10.9 Å². The Morgan fingerprint density at radius 3 is 2.55 bits per heavy atom. The lowest BCUT2D eigenvalue weighted by atomic mass is 10.1. The van der Waals surface area contributed by atoms with E-state index in [9.17, 15) is 4.79 Å². The monoisotopic (exact) mass is 546 g/mol. The second-order valence-corrected chi connectivity index (χ2v) is 7.45. The van der Waals surface area contributed by atoms with Gasteiger partial charge in [0.2, 0.25) is 0 Å². The summed E-state index contributed by atoms with van der Waals surface area (Å²) in [6.45, 7) is 12.9. The van der Waals surface area contributed by atoms with E-state index in [-0.39, 0.29) is 29.9 Å². The average Bonchev–Trinajstić information content (AvgIpc) is 3.29. The first-order valence-corrected chi connectivity index (χ1v) is 11.2. The molecule has 1 unspecified atom stereocenters. The van der Waals surface area contributed by atoms with Crippen LogP contribution in [0.4, 0.5) is 0 Å². The predicted octanol–water partition coefficient (Wildman–Crippen LogP) is 3.28. The Hall–Kier alpha value is -1.39. The smallest absolute Gasteiger partial charge is 0.253 e. The topological polar surface area (TPSA) is 75.2 Å². The fraction of sp³-hybridized carbons (Fsp3) is 0.652. The van der Waals surface area contributed by atoms with Crippen molar-refractivity contribution in [3.05, 3.63) is 35.4 Å². The van der Waals surface area contributed by atoms with Gasteiger partial charge < -0.3 is 25.0 Å². The van der Waals surface area contributed by atoms with Gasteiger partial charge >= 0.3 is 0 Å². The fourth-order valence-electron chi connectivity index (χ4n) is 3.30. The van der Waals surface area contributed by atoms with Crippen molar-refractivity contribution in [3.8, 4) is 0 Å². The van der Waals surface area contributed by atoms with Gasteiger partial charge in [-0.1, -0.05) is 12.1 Å². The summed E-state index contributed by atoms with van der Waals surface area (Å²) in [4.78, 5) is 18.9. The molecule has 8 heteroatoms. The number of amides is 1. The van der Waals surface area contributed by atoms with Crippen LogP contribution in [0.2, 0.25) is 0 Å². The molecule has 0 saturated carbocycles. The molecule has 0 spiro atoms. The Morgan fingerprint density at radius 2 is 1.94 bits per heavy atom. The van der Waals surface area contributed by atoms with Crippen LogP contribution in [0.1, 0.15) is 49.5 Å². The van der Waals surface area contributed by atoms with E-state index < -0.39 is 0 Å². The molecule has 2 rings (SSSR count). The minimum Gasteiger partial charge on any atom is -0.381 e. The number of rotatable bonds is 12. The first-order chi connectivity index (χ1) is 14.7. The summed E-state index contributed by atoms with van der Waals surface area (Å²) >= 11 is 0. The third-order valence-electron chi connectivity index (χ3n) is 5.15. The Labute approximate surface area is 204 Å². The van der Waals surface area contributed by atoms with E-state index in [4.69, 9.17) is 9.47 Å². The Kier molecular flexibility index (Phi) is 14.5. The number of benzene rings is 1. The van der Waals surface area contributed by atoms with Gasteiger partial charge in [-0.25, -0.2) is 4.99 Å². The molecule has 7 nitrogen and oxygen atoms in total. The van der Waals surface area contributed by atoms with Gasteiger partial charge in [0.15, 0.2) is 5.96 Å². The fourth-order valence-corrected chi connectivity index (χ4v) is 3.30. The lowest BCUT2D eigenvalue weighted by Gasteiger charge is -2.18. The molecular weight excluding hydrogens is 507 g/mol. The number of carbonyl (C=O) groups is 1. The summed E-state index contributed by atoms with van der Waals surface area (Å²) in [5.74, 6) is 1.43. The number of nitrogens with one attached hydrogen (secondary N) is 2. The van der Waals surface area contributed by atoms with Crippen molar-refractivity contribution >= 4 is 35.8 Å².